The number of hydroxylamine groups is 2. The Labute approximate surface area is 133 Å². The molecule has 3 aromatic rings. The Kier molecular flexibility index (Phi) is 2.92. The Bertz CT molecular complexity index is 992. The first kappa shape index (κ1) is 14.1. The highest BCUT2D eigenvalue weighted by Crippen LogP contribution is 2.24. The average molecular weight is 325 g/mol. The minimum atomic E-state index is -1.16. The van der Waals surface area contributed by atoms with Gasteiger partial charge in [0, 0.05) is 0 Å². The van der Waals surface area contributed by atoms with Crippen LogP contribution in [0.3, 0.4) is 0 Å². The molecule has 1 aromatic heterocycles. The van der Waals surface area contributed by atoms with Crippen molar-refractivity contribution >= 4 is 28.8 Å². The van der Waals surface area contributed by atoms with Crippen molar-refractivity contribution in [2.75, 3.05) is 0 Å². The van der Waals surface area contributed by atoms with Crippen LogP contribution in [-0.2, 0) is 4.84 Å². The van der Waals surface area contributed by atoms with Crippen molar-refractivity contribution in [3.8, 4) is 0 Å². The van der Waals surface area contributed by atoms with Crippen molar-refractivity contribution in [1.82, 2.24) is 15.0 Å². The first-order valence-electron chi connectivity index (χ1n) is 6.89. The zero-order valence-electron chi connectivity index (χ0n) is 11.9. The summed E-state index contributed by atoms with van der Waals surface area (Å²) < 4.78 is 14.3. The molecule has 2 aromatic carbocycles. The SMILES string of the molecule is O=C(ON1C(=O)c2ccccc2C1=O)c1ccc2[nH]cnc2c1F. The first-order valence-corrected chi connectivity index (χ1v) is 6.89. The molecule has 0 spiro atoms. The summed E-state index contributed by atoms with van der Waals surface area (Å²) in [6, 6.07) is 8.70. The molecule has 0 saturated heterocycles. The van der Waals surface area contributed by atoms with E-state index in [1.165, 1.54) is 30.6 Å². The van der Waals surface area contributed by atoms with Gasteiger partial charge in [0.25, 0.3) is 11.8 Å². The largest absolute Gasteiger partial charge is 0.366 e. The second-order valence-corrected chi connectivity index (χ2v) is 5.05. The molecule has 118 valence electrons. The number of hydrogen-bond acceptors (Lipinski definition) is 5. The van der Waals surface area contributed by atoms with Gasteiger partial charge in [0.2, 0.25) is 0 Å². The minimum absolute atomic E-state index is 0.0354. The molecule has 2 heterocycles. The number of rotatable bonds is 2. The minimum Gasteiger partial charge on any atom is -0.345 e. The Morgan fingerprint density at radius 2 is 1.75 bits per heavy atom. The van der Waals surface area contributed by atoms with Crippen molar-refractivity contribution in [3.63, 3.8) is 0 Å². The maximum absolute atomic E-state index is 14.3. The number of aromatic amines is 1. The van der Waals surface area contributed by atoms with E-state index < -0.39 is 29.2 Å². The van der Waals surface area contributed by atoms with Gasteiger partial charge in [-0.25, -0.2) is 14.2 Å². The van der Waals surface area contributed by atoms with Crippen LogP contribution in [-0.4, -0.2) is 32.8 Å². The van der Waals surface area contributed by atoms with E-state index in [9.17, 15) is 18.8 Å². The number of benzene rings is 2. The molecule has 2 amide bonds. The molecule has 7 nitrogen and oxygen atoms in total. The quantitative estimate of drug-likeness (QED) is 0.728. The highest BCUT2D eigenvalue weighted by atomic mass is 19.1. The van der Waals surface area contributed by atoms with Gasteiger partial charge in [-0.1, -0.05) is 17.2 Å². The third-order valence-electron chi connectivity index (χ3n) is 3.68. The molecular formula is C16H8FN3O4. The topological polar surface area (TPSA) is 92.4 Å². The van der Waals surface area contributed by atoms with Gasteiger partial charge in [-0.3, -0.25) is 9.59 Å². The lowest BCUT2D eigenvalue weighted by molar-refractivity contribution is -0.0587. The number of amides is 2. The summed E-state index contributed by atoms with van der Waals surface area (Å²) in [7, 11) is 0. The Hall–Kier alpha value is -3.55. The number of carbonyl (C=O) groups is 3. The fraction of sp³-hybridized carbons (Fsp3) is 0. The molecule has 0 fully saturated rings. The summed E-state index contributed by atoms with van der Waals surface area (Å²) >= 11 is 0. The van der Waals surface area contributed by atoms with Crippen molar-refractivity contribution in [2.45, 2.75) is 0 Å². The van der Waals surface area contributed by atoms with E-state index in [0.29, 0.717) is 10.6 Å². The maximum Gasteiger partial charge on any atom is 0.366 e. The van der Waals surface area contributed by atoms with Gasteiger partial charge in [0.05, 0.1) is 23.0 Å². The van der Waals surface area contributed by atoms with Gasteiger partial charge in [-0.15, -0.1) is 0 Å². The third kappa shape index (κ3) is 1.89. The number of halogens is 1. The van der Waals surface area contributed by atoms with Crippen molar-refractivity contribution in [1.29, 1.82) is 0 Å². The molecule has 1 N–H and O–H groups in total. The van der Waals surface area contributed by atoms with Crippen LogP contribution < -0.4 is 0 Å². The van der Waals surface area contributed by atoms with E-state index in [-0.39, 0.29) is 16.6 Å². The van der Waals surface area contributed by atoms with Gasteiger partial charge < -0.3 is 9.82 Å². The number of hydrogen-bond donors (Lipinski definition) is 1. The molecule has 24 heavy (non-hydrogen) atoms. The highest BCUT2D eigenvalue weighted by Gasteiger charge is 2.39. The van der Waals surface area contributed by atoms with Gasteiger partial charge in [-0.05, 0) is 24.3 Å². The lowest BCUT2D eigenvalue weighted by Crippen LogP contribution is -2.33. The van der Waals surface area contributed by atoms with E-state index in [1.54, 1.807) is 12.1 Å². The van der Waals surface area contributed by atoms with Crippen LogP contribution in [0.25, 0.3) is 11.0 Å². The number of aromatic nitrogens is 2. The molecule has 0 atom stereocenters. The molecule has 4 rings (SSSR count). The van der Waals surface area contributed by atoms with Crippen LogP contribution in [0.1, 0.15) is 31.1 Å². The van der Waals surface area contributed by atoms with Gasteiger partial charge >= 0.3 is 5.97 Å². The summed E-state index contributed by atoms with van der Waals surface area (Å²) in [5.41, 5.74) is 0.194. The van der Waals surface area contributed by atoms with Gasteiger partial charge in [0.1, 0.15) is 11.1 Å². The van der Waals surface area contributed by atoms with Crippen LogP contribution >= 0.6 is 0 Å². The lowest BCUT2D eigenvalue weighted by atomic mass is 10.1. The van der Waals surface area contributed by atoms with Crippen LogP contribution in [0.2, 0.25) is 0 Å². The zero-order chi connectivity index (χ0) is 16.8. The van der Waals surface area contributed by atoms with Gasteiger partial charge in [0.15, 0.2) is 5.82 Å². The predicted octanol–water partition coefficient (Wildman–Crippen LogP) is 2.07. The zero-order valence-corrected chi connectivity index (χ0v) is 11.9. The smallest absolute Gasteiger partial charge is 0.345 e. The number of H-pyrrole nitrogens is 1. The fourth-order valence-electron chi connectivity index (χ4n) is 2.51. The molecule has 1 aliphatic rings. The van der Waals surface area contributed by atoms with Crippen LogP contribution in [0.15, 0.2) is 42.7 Å². The normalized spacial score (nSPS) is 13.5. The monoisotopic (exact) mass is 325 g/mol. The van der Waals surface area contributed by atoms with Crippen LogP contribution in [0.5, 0.6) is 0 Å². The first-order chi connectivity index (χ1) is 11.6. The van der Waals surface area contributed by atoms with E-state index in [2.05, 4.69) is 9.97 Å². The molecule has 0 aliphatic carbocycles. The van der Waals surface area contributed by atoms with Crippen molar-refractivity contribution < 1.29 is 23.6 Å². The van der Waals surface area contributed by atoms with E-state index >= 15 is 0 Å². The maximum atomic E-state index is 14.3. The summed E-state index contributed by atoms with van der Waals surface area (Å²) in [5, 5.41) is 0.335. The number of nitrogens with one attached hydrogen (secondary N) is 1. The van der Waals surface area contributed by atoms with E-state index in [1.807, 2.05) is 0 Å². The van der Waals surface area contributed by atoms with Crippen LogP contribution in [0, 0.1) is 5.82 Å². The second-order valence-electron chi connectivity index (χ2n) is 5.05. The summed E-state index contributed by atoms with van der Waals surface area (Å²) in [5.74, 6) is -3.60. The summed E-state index contributed by atoms with van der Waals surface area (Å²) in [6.45, 7) is 0. The Balaban J connectivity index is 1.66. The summed E-state index contributed by atoms with van der Waals surface area (Å²) in [4.78, 5) is 47.8. The predicted molar refractivity (Wildman–Crippen MR) is 78.4 cm³/mol. The summed E-state index contributed by atoms with van der Waals surface area (Å²) in [6.07, 6.45) is 1.28. The molecule has 1 aliphatic heterocycles. The number of nitrogens with zero attached hydrogens (tertiary/aromatic N) is 2. The number of imidazole rings is 1. The van der Waals surface area contributed by atoms with Crippen molar-refractivity contribution in [3.05, 3.63) is 65.2 Å². The van der Waals surface area contributed by atoms with E-state index in [0.717, 1.165) is 0 Å². The Morgan fingerprint density at radius 3 is 2.42 bits per heavy atom. The molecule has 0 radical (unpaired) electrons. The standard InChI is InChI=1S/C16H8FN3O4/c17-12-10(5-6-11-13(12)19-7-18-11)16(23)24-20-14(21)8-3-1-2-4-9(8)15(20)22/h1-7H,(H,18,19). The fourth-order valence-corrected chi connectivity index (χ4v) is 2.51. The molecule has 0 unspecified atom stereocenters. The molecule has 0 bridgehead atoms. The molecule has 8 heteroatoms. The van der Waals surface area contributed by atoms with Crippen molar-refractivity contribution in [2.24, 2.45) is 0 Å². The number of fused-ring (bicyclic) bond motifs is 2. The second kappa shape index (κ2) is 4.98. The molecule has 0 saturated carbocycles. The third-order valence-corrected chi connectivity index (χ3v) is 3.68. The average Bonchev–Trinajstić information content (AvgIpc) is 3.15. The van der Waals surface area contributed by atoms with Gasteiger partial charge in [-0.2, -0.15) is 0 Å². The highest BCUT2D eigenvalue weighted by molar-refractivity contribution is 6.21. The number of carbonyl (C=O) groups excluding carboxylic acids is 3. The lowest BCUT2D eigenvalue weighted by Gasteiger charge is -2.13. The molecular weight excluding hydrogens is 317 g/mol. The van der Waals surface area contributed by atoms with Crippen LogP contribution in [0.4, 0.5) is 4.39 Å². The van der Waals surface area contributed by atoms with E-state index in [4.69, 9.17) is 4.84 Å². The Morgan fingerprint density at radius 1 is 1.08 bits per heavy atom. The number of imide groups is 1.